The first-order chi connectivity index (χ1) is 10.6. The van der Waals surface area contributed by atoms with Gasteiger partial charge >= 0.3 is 0 Å². The maximum absolute atomic E-state index is 11.9. The van der Waals surface area contributed by atoms with Gasteiger partial charge in [-0.1, -0.05) is 60.7 Å². The van der Waals surface area contributed by atoms with Crippen LogP contribution in [0, 0.1) is 0 Å². The van der Waals surface area contributed by atoms with Crippen LogP contribution in [0.25, 0.3) is 0 Å². The van der Waals surface area contributed by atoms with Crippen molar-refractivity contribution in [1.29, 1.82) is 0 Å². The predicted octanol–water partition coefficient (Wildman–Crippen LogP) is 2.67. The normalized spacial score (nSPS) is 10.0. The van der Waals surface area contributed by atoms with Crippen LogP contribution in [-0.2, 0) is 9.59 Å². The second-order valence-corrected chi connectivity index (χ2v) is 4.80. The Bertz CT molecular complexity index is 702. The number of hydrogen-bond acceptors (Lipinski definition) is 4. The lowest BCUT2D eigenvalue weighted by Gasteiger charge is -2.01. The zero-order chi connectivity index (χ0) is 15.9. The molecule has 0 bridgehead atoms. The summed E-state index contributed by atoms with van der Waals surface area (Å²) in [4.78, 5) is 47.3. The maximum atomic E-state index is 11.9. The number of rotatable bonds is 7. The lowest BCUT2D eigenvalue weighted by Crippen LogP contribution is -2.19. The van der Waals surface area contributed by atoms with Crippen LogP contribution in [0.2, 0.25) is 0 Å². The van der Waals surface area contributed by atoms with Crippen LogP contribution < -0.4 is 0 Å². The van der Waals surface area contributed by atoms with E-state index in [0.717, 1.165) is 0 Å². The molecule has 0 amide bonds. The summed E-state index contributed by atoms with van der Waals surface area (Å²) < 4.78 is 0. The van der Waals surface area contributed by atoms with E-state index in [4.69, 9.17) is 0 Å². The van der Waals surface area contributed by atoms with Gasteiger partial charge in [-0.2, -0.15) is 0 Å². The Morgan fingerprint density at radius 2 is 1.14 bits per heavy atom. The summed E-state index contributed by atoms with van der Waals surface area (Å²) in [7, 11) is 0. The molecule has 22 heavy (non-hydrogen) atoms. The average Bonchev–Trinajstić information content (AvgIpc) is 2.55. The zero-order valence-electron chi connectivity index (χ0n) is 11.8. The molecule has 0 saturated carbocycles. The molecule has 0 aromatic heterocycles. The van der Waals surface area contributed by atoms with Gasteiger partial charge in [0.2, 0.25) is 11.6 Å². The number of ketones is 4. The van der Waals surface area contributed by atoms with Crippen LogP contribution in [0.15, 0.2) is 60.7 Å². The molecule has 2 aromatic rings. The van der Waals surface area contributed by atoms with Crippen molar-refractivity contribution in [2.75, 3.05) is 0 Å². The smallest absolute Gasteiger partial charge is 0.229 e. The Morgan fingerprint density at radius 1 is 0.636 bits per heavy atom. The number of benzene rings is 2. The van der Waals surface area contributed by atoms with Crippen LogP contribution in [0.5, 0.6) is 0 Å². The van der Waals surface area contributed by atoms with Crippen molar-refractivity contribution in [2.45, 2.75) is 12.8 Å². The van der Waals surface area contributed by atoms with Gasteiger partial charge < -0.3 is 0 Å². The van der Waals surface area contributed by atoms with Gasteiger partial charge in [-0.3, -0.25) is 19.2 Å². The van der Waals surface area contributed by atoms with Gasteiger partial charge in [-0.25, -0.2) is 0 Å². The Kier molecular flexibility index (Phi) is 5.09. The lowest BCUT2D eigenvalue weighted by molar-refractivity contribution is -0.124. The van der Waals surface area contributed by atoms with E-state index in [1.54, 1.807) is 48.5 Å². The fourth-order valence-electron chi connectivity index (χ4n) is 1.98. The molecule has 0 radical (unpaired) electrons. The molecule has 4 nitrogen and oxygen atoms in total. The third-order valence-electron chi connectivity index (χ3n) is 3.10. The van der Waals surface area contributed by atoms with Gasteiger partial charge in [0.05, 0.1) is 12.8 Å². The standard InChI is InChI=1S/C18H14O4/c19-15(11-16(20)13-7-3-1-4-8-13)12-17(21)18(22)14-9-5-2-6-10-14/h1-10H,11-12H2. The zero-order valence-corrected chi connectivity index (χ0v) is 11.8. The molecule has 0 saturated heterocycles. The van der Waals surface area contributed by atoms with Gasteiger partial charge in [0.25, 0.3) is 0 Å². The molecule has 0 unspecified atom stereocenters. The minimum atomic E-state index is -0.794. The summed E-state index contributed by atoms with van der Waals surface area (Å²) in [6, 6.07) is 16.4. The molecule has 2 rings (SSSR count). The van der Waals surface area contributed by atoms with Gasteiger partial charge in [0.1, 0.15) is 5.78 Å². The molecule has 2 aromatic carbocycles. The number of Topliss-reactive ketones (excluding diaryl/α,β-unsaturated/α-hetero) is 4. The van der Waals surface area contributed by atoms with E-state index in [1.807, 2.05) is 0 Å². The molecule has 0 atom stereocenters. The van der Waals surface area contributed by atoms with Crippen LogP contribution in [0.3, 0.4) is 0 Å². The van der Waals surface area contributed by atoms with Crippen LogP contribution >= 0.6 is 0 Å². The van der Waals surface area contributed by atoms with E-state index in [2.05, 4.69) is 0 Å². The average molecular weight is 294 g/mol. The van der Waals surface area contributed by atoms with Crippen molar-refractivity contribution in [2.24, 2.45) is 0 Å². The summed E-state index contributed by atoms with van der Waals surface area (Å²) in [5, 5.41) is 0. The molecular formula is C18H14O4. The SMILES string of the molecule is O=C(CC(=O)C(=O)c1ccccc1)CC(=O)c1ccccc1. The third-order valence-corrected chi connectivity index (χ3v) is 3.10. The molecule has 0 heterocycles. The first-order valence-electron chi connectivity index (χ1n) is 6.80. The molecule has 0 N–H and O–H groups in total. The summed E-state index contributed by atoms with van der Waals surface area (Å²) in [5.74, 6) is -2.41. The van der Waals surface area contributed by atoms with E-state index in [9.17, 15) is 19.2 Å². The molecule has 0 aliphatic heterocycles. The highest BCUT2D eigenvalue weighted by Crippen LogP contribution is 2.07. The van der Waals surface area contributed by atoms with Crippen molar-refractivity contribution >= 4 is 23.1 Å². The number of carbonyl (C=O) groups excluding carboxylic acids is 4. The van der Waals surface area contributed by atoms with E-state index in [-0.39, 0.29) is 17.8 Å². The quantitative estimate of drug-likeness (QED) is 0.447. The largest absolute Gasteiger partial charge is 0.299 e. The van der Waals surface area contributed by atoms with Crippen LogP contribution in [-0.4, -0.2) is 23.1 Å². The highest BCUT2D eigenvalue weighted by Gasteiger charge is 2.21. The van der Waals surface area contributed by atoms with Crippen molar-refractivity contribution in [3.8, 4) is 0 Å². The monoisotopic (exact) mass is 294 g/mol. The number of carbonyl (C=O) groups is 4. The van der Waals surface area contributed by atoms with E-state index < -0.39 is 23.8 Å². The van der Waals surface area contributed by atoms with Crippen LogP contribution in [0.1, 0.15) is 33.6 Å². The first-order valence-corrected chi connectivity index (χ1v) is 6.80. The van der Waals surface area contributed by atoms with Crippen molar-refractivity contribution in [1.82, 2.24) is 0 Å². The topological polar surface area (TPSA) is 68.3 Å². The Hall–Kier alpha value is -2.88. The second kappa shape index (κ2) is 7.22. The minimum Gasteiger partial charge on any atom is -0.299 e. The summed E-state index contributed by atoms with van der Waals surface area (Å²) in [6.45, 7) is 0. The number of hydrogen-bond donors (Lipinski definition) is 0. The molecule has 0 fully saturated rings. The van der Waals surface area contributed by atoms with E-state index in [1.165, 1.54) is 12.1 Å². The first kappa shape index (κ1) is 15.5. The molecule has 0 aliphatic carbocycles. The van der Waals surface area contributed by atoms with Crippen molar-refractivity contribution < 1.29 is 19.2 Å². The Balaban J connectivity index is 1.93. The highest BCUT2D eigenvalue weighted by atomic mass is 16.2. The predicted molar refractivity (Wildman–Crippen MR) is 80.8 cm³/mol. The second-order valence-electron chi connectivity index (χ2n) is 4.80. The third kappa shape index (κ3) is 4.06. The van der Waals surface area contributed by atoms with Crippen molar-refractivity contribution in [3.05, 3.63) is 71.8 Å². The van der Waals surface area contributed by atoms with Gasteiger partial charge in [0, 0.05) is 11.1 Å². The minimum absolute atomic E-state index is 0.245. The highest BCUT2D eigenvalue weighted by molar-refractivity contribution is 6.46. The summed E-state index contributed by atoms with van der Waals surface area (Å²) in [5.41, 5.74) is 0.660. The maximum Gasteiger partial charge on any atom is 0.229 e. The molecule has 0 spiro atoms. The lowest BCUT2D eigenvalue weighted by atomic mass is 10.00. The van der Waals surface area contributed by atoms with Gasteiger partial charge in [-0.15, -0.1) is 0 Å². The Labute approximate surface area is 127 Å². The van der Waals surface area contributed by atoms with Gasteiger partial charge in [-0.05, 0) is 0 Å². The molecule has 110 valence electrons. The molecule has 4 heteroatoms. The van der Waals surface area contributed by atoms with E-state index in [0.29, 0.717) is 5.56 Å². The summed E-state index contributed by atoms with van der Waals surface area (Å²) >= 11 is 0. The fraction of sp³-hybridized carbons (Fsp3) is 0.111. The summed E-state index contributed by atoms with van der Waals surface area (Å²) in [6.07, 6.45) is -0.926. The molecular weight excluding hydrogens is 280 g/mol. The van der Waals surface area contributed by atoms with Crippen LogP contribution in [0.4, 0.5) is 0 Å². The molecule has 0 aliphatic rings. The fourth-order valence-corrected chi connectivity index (χ4v) is 1.98. The Morgan fingerprint density at radius 3 is 1.68 bits per heavy atom. The van der Waals surface area contributed by atoms with Crippen molar-refractivity contribution in [3.63, 3.8) is 0 Å². The van der Waals surface area contributed by atoms with E-state index >= 15 is 0 Å². The van der Waals surface area contributed by atoms with Gasteiger partial charge in [0.15, 0.2) is 5.78 Å².